The molecule has 2 aromatic heterocycles. The molecule has 0 bridgehead atoms. The first kappa shape index (κ1) is 16.7. The van der Waals surface area contributed by atoms with Gasteiger partial charge in [-0.05, 0) is 60.8 Å². The Kier molecular flexibility index (Phi) is 5.19. The molecular weight excluding hydrogens is 324 g/mol. The standard InChI is InChI=1S/C18H24N2OS2/c1-4-15-14-7-10-22-16(14)5-8-20(15)18(21)12-19(3)11-17-13(2)6-9-23-17/h6-7,9-10,15H,4-5,8,11-12H2,1-3H3. The van der Waals surface area contributed by atoms with Gasteiger partial charge in [-0.1, -0.05) is 6.92 Å². The highest BCUT2D eigenvalue weighted by atomic mass is 32.1. The van der Waals surface area contributed by atoms with Crippen molar-refractivity contribution in [1.29, 1.82) is 0 Å². The van der Waals surface area contributed by atoms with Crippen LogP contribution in [0.1, 0.15) is 40.3 Å². The highest BCUT2D eigenvalue weighted by Gasteiger charge is 2.30. The summed E-state index contributed by atoms with van der Waals surface area (Å²) in [6, 6.07) is 4.60. The Balaban J connectivity index is 1.65. The zero-order valence-electron chi connectivity index (χ0n) is 14.0. The fourth-order valence-corrected chi connectivity index (χ4v) is 5.24. The minimum absolute atomic E-state index is 0.255. The lowest BCUT2D eigenvalue weighted by atomic mass is 9.97. The number of aryl methyl sites for hydroxylation is 1. The number of carbonyl (C=O) groups is 1. The number of hydrogen-bond donors (Lipinski definition) is 0. The van der Waals surface area contributed by atoms with E-state index in [4.69, 9.17) is 0 Å². The van der Waals surface area contributed by atoms with Gasteiger partial charge in [0.2, 0.25) is 5.91 Å². The predicted molar refractivity (Wildman–Crippen MR) is 98.2 cm³/mol. The molecule has 124 valence electrons. The van der Waals surface area contributed by atoms with Crippen molar-refractivity contribution in [2.24, 2.45) is 0 Å². The third-order valence-corrected chi connectivity index (χ3v) is 6.59. The molecule has 5 heteroatoms. The second kappa shape index (κ2) is 7.16. The zero-order valence-corrected chi connectivity index (χ0v) is 15.7. The maximum Gasteiger partial charge on any atom is 0.237 e. The normalized spacial score (nSPS) is 17.6. The quantitative estimate of drug-likeness (QED) is 0.813. The Morgan fingerprint density at radius 2 is 2.13 bits per heavy atom. The van der Waals surface area contributed by atoms with Crippen LogP contribution >= 0.6 is 22.7 Å². The summed E-state index contributed by atoms with van der Waals surface area (Å²) in [5.41, 5.74) is 2.69. The average molecular weight is 349 g/mol. The van der Waals surface area contributed by atoms with Gasteiger partial charge >= 0.3 is 0 Å². The van der Waals surface area contributed by atoms with Crippen molar-refractivity contribution in [3.63, 3.8) is 0 Å². The van der Waals surface area contributed by atoms with E-state index in [0.29, 0.717) is 6.54 Å². The third kappa shape index (κ3) is 3.52. The first-order chi connectivity index (χ1) is 11.1. The lowest BCUT2D eigenvalue weighted by Crippen LogP contribution is -2.43. The maximum absolute atomic E-state index is 12.8. The molecule has 1 aliphatic rings. The number of hydrogen-bond acceptors (Lipinski definition) is 4. The molecule has 1 atom stereocenters. The van der Waals surface area contributed by atoms with Gasteiger partial charge in [0.05, 0.1) is 12.6 Å². The van der Waals surface area contributed by atoms with Gasteiger partial charge in [-0.3, -0.25) is 9.69 Å². The SMILES string of the molecule is CCC1c2ccsc2CCN1C(=O)CN(C)Cc1sccc1C. The molecular formula is C18H24N2OS2. The molecule has 0 fully saturated rings. The molecule has 3 nitrogen and oxygen atoms in total. The van der Waals surface area contributed by atoms with E-state index >= 15 is 0 Å². The Morgan fingerprint density at radius 1 is 1.35 bits per heavy atom. The number of rotatable bonds is 5. The van der Waals surface area contributed by atoms with Crippen LogP contribution in [0.3, 0.4) is 0 Å². The van der Waals surface area contributed by atoms with Crippen molar-refractivity contribution in [2.75, 3.05) is 20.1 Å². The van der Waals surface area contributed by atoms with Crippen molar-refractivity contribution < 1.29 is 4.79 Å². The summed E-state index contributed by atoms with van der Waals surface area (Å²) in [6.07, 6.45) is 1.99. The van der Waals surface area contributed by atoms with Crippen molar-refractivity contribution in [2.45, 2.75) is 39.3 Å². The molecule has 23 heavy (non-hydrogen) atoms. The van der Waals surface area contributed by atoms with Crippen molar-refractivity contribution in [3.05, 3.63) is 43.8 Å². The van der Waals surface area contributed by atoms with Gasteiger partial charge in [0.1, 0.15) is 0 Å². The fraction of sp³-hybridized carbons (Fsp3) is 0.500. The molecule has 0 aliphatic carbocycles. The zero-order chi connectivity index (χ0) is 16.4. The average Bonchev–Trinajstić information content (AvgIpc) is 3.15. The molecule has 3 heterocycles. The smallest absolute Gasteiger partial charge is 0.237 e. The van der Waals surface area contributed by atoms with E-state index < -0.39 is 0 Å². The van der Waals surface area contributed by atoms with E-state index in [1.54, 1.807) is 11.3 Å². The van der Waals surface area contributed by atoms with Gasteiger partial charge in [0.25, 0.3) is 0 Å². The second-order valence-electron chi connectivity index (χ2n) is 6.26. The van der Waals surface area contributed by atoms with Gasteiger partial charge in [0, 0.05) is 22.8 Å². The van der Waals surface area contributed by atoms with Crippen LogP contribution < -0.4 is 0 Å². The minimum atomic E-state index is 0.255. The van der Waals surface area contributed by atoms with E-state index in [1.807, 2.05) is 18.4 Å². The fourth-order valence-electron chi connectivity index (χ4n) is 3.32. The first-order valence-corrected chi connectivity index (χ1v) is 9.93. The van der Waals surface area contributed by atoms with Gasteiger partial charge < -0.3 is 4.90 Å². The summed E-state index contributed by atoms with van der Waals surface area (Å²) in [5, 5.41) is 4.28. The molecule has 0 N–H and O–H groups in total. The number of fused-ring (bicyclic) bond motifs is 1. The Labute approximate surface area is 146 Å². The van der Waals surface area contributed by atoms with Crippen molar-refractivity contribution in [3.8, 4) is 0 Å². The van der Waals surface area contributed by atoms with Crippen LogP contribution in [0.5, 0.6) is 0 Å². The highest BCUT2D eigenvalue weighted by Crippen LogP contribution is 2.35. The van der Waals surface area contributed by atoms with E-state index in [2.05, 4.69) is 46.5 Å². The molecule has 0 radical (unpaired) electrons. The first-order valence-electron chi connectivity index (χ1n) is 8.17. The third-order valence-electron chi connectivity index (χ3n) is 4.59. The molecule has 0 spiro atoms. The van der Waals surface area contributed by atoms with Crippen LogP contribution in [0.15, 0.2) is 22.9 Å². The van der Waals surface area contributed by atoms with Gasteiger partial charge in [0.15, 0.2) is 0 Å². The van der Waals surface area contributed by atoms with E-state index in [9.17, 15) is 4.79 Å². The van der Waals surface area contributed by atoms with E-state index in [-0.39, 0.29) is 11.9 Å². The van der Waals surface area contributed by atoms with Crippen LogP contribution in [0.2, 0.25) is 0 Å². The van der Waals surface area contributed by atoms with Crippen LogP contribution in [0.25, 0.3) is 0 Å². The molecule has 2 aromatic rings. The number of nitrogens with zero attached hydrogens (tertiary/aromatic N) is 2. The summed E-state index contributed by atoms with van der Waals surface area (Å²) in [5.74, 6) is 0.255. The van der Waals surface area contributed by atoms with Crippen LogP contribution in [0, 0.1) is 6.92 Å². The monoisotopic (exact) mass is 348 g/mol. The van der Waals surface area contributed by atoms with Crippen molar-refractivity contribution in [1.82, 2.24) is 9.80 Å². The van der Waals surface area contributed by atoms with E-state index in [0.717, 1.165) is 25.9 Å². The predicted octanol–water partition coefficient (Wildman–Crippen LogP) is 4.09. The Morgan fingerprint density at radius 3 is 2.83 bits per heavy atom. The minimum Gasteiger partial charge on any atom is -0.334 e. The molecule has 0 aromatic carbocycles. The summed E-state index contributed by atoms with van der Waals surface area (Å²) in [6.45, 7) is 6.52. The van der Waals surface area contributed by atoms with Crippen molar-refractivity contribution >= 4 is 28.6 Å². The maximum atomic E-state index is 12.8. The topological polar surface area (TPSA) is 23.6 Å². The molecule has 1 unspecified atom stereocenters. The molecule has 0 saturated heterocycles. The molecule has 1 aliphatic heterocycles. The highest BCUT2D eigenvalue weighted by molar-refractivity contribution is 7.10. The number of carbonyl (C=O) groups excluding carboxylic acids is 1. The van der Waals surface area contributed by atoms with Gasteiger partial charge in [-0.25, -0.2) is 0 Å². The second-order valence-corrected chi connectivity index (χ2v) is 8.26. The Bertz CT molecular complexity index is 676. The summed E-state index contributed by atoms with van der Waals surface area (Å²) in [4.78, 5) is 19.9. The molecule has 1 amide bonds. The van der Waals surface area contributed by atoms with Gasteiger partial charge in [-0.15, -0.1) is 22.7 Å². The number of thiophene rings is 2. The largest absolute Gasteiger partial charge is 0.334 e. The Hall–Kier alpha value is -1.17. The van der Waals surface area contributed by atoms with Crippen LogP contribution in [0.4, 0.5) is 0 Å². The summed E-state index contributed by atoms with van der Waals surface area (Å²) in [7, 11) is 2.04. The van der Waals surface area contributed by atoms with E-state index in [1.165, 1.54) is 20.9 Å². The number of likely N-dealkylation sites (N-methyl/N-ethyl adjacent to an activating group) is 1. The summed E-state index contributed by atoms with van der Waals surface area (Å²) < 4.78 is 0. The molecule has 0 saturated carbocycles. The molecule has 3 rings (SSSR count). The summed E-state index contributed by atoms with van der Waals surface area (Å²) >= 11 is 3.60. The van der Waals surface area contributed by atoms with Crippen LogP contribution in [-0.4, -0.2) is 35.8 Å². The lowest BCUT2D eigenvalue weighted by Gasteiger charge is -2.36. The van der Waals surface area contributed by atoms with Crippen LogP contribution in [-0.2, 0) is 17.8 Å². The lowest BCUT2D eigenvalue weighted by molar-refractivity contribution is -0.135. The number of amides is 1. The van der Waals surface area contributed by atoms with Gasteiger partial charge in [-0.2, -0.15) is 0 Å².